The maximum atomic E-state index is 12.8. The van der Waals surface area contributed by atoms with Crippen molar-refractivity contribution in [1.82, 2.24) is 15.3 Å². The molecule has 0 radical (unpaired) electrons. The minimum absolute atomic E-state index is 0.124. The first-order valence-electron chi connectivity index (χ1n) is 9.74. The van der Waals surface area contributed by atoms with Crippen LogP contribution in [0, 0.1) is 0 Å². The second-order valence-corrected chi connectivity index (χ2v) is 6.91. The Bertz CT molecular complexity index is 730. The third-order valence-electron chi connectivity index (χ3n) is 4.76. The number of carbonyl (C=O) groups excluding carboxylic acids is 1. The Labute approximate surface area is 160 Å². The van der Waals surface area contributed by atoms with Gasteiger partial charge in [-0.2, -0.15) is 0 Å². The SMILES string of the molecule is COCCCNc1cc(C(=O)NC2CCCCC2)nc(-c2ccccc2)n1. The van der Waals surface area contributed by atoms with Gasteiger partial charge in [-0.25, -0.2) is 9.97 Å². The molecular formula is C21H28N4O2. The Balaban J connectivity index is 1.79. The second kappa shape index (κ2) is 10.0. The Morgan fingerprint density at radius 2 is 1.93 bits per heavy atom. The number of nitrogens with one attached hydrogen (secondary N) is 2. The average Bonchev–Trinajstić information content (AvgIpc) is 2.72. The van der Waals surface area contributed by atoms with E-state index in [0.29, 0.717) is 23.9 Å². The fourth-order valence-electron chi connectivity index (χ4n) is 3.31. The minimum atomic E-state index is -0.124. The molecule has 6 nitrogen and oxygen atoms in total. The highest BCUT2D eigenvalue weighted by Crippen LogP contribution is 2.20. The molecule has 2 aromatic rings. The van der Waals surface area contributed by atoms with Crippen LogP contribution in [0.4, 0.5) is 5.82 Å². The van der Waals surface area contributed by atoms with Gasteiger partial charge in [0, 0.05) is 37.9 Å². The van der Waals surface area contributed by atoms with Crippen molar-refractivity contribution in [3.05, 3.63) is 42.1 Å². The molecule has 1 saturated carbocycles. The fourth-order valence-corrected chi connectivity index (χ4v) is 3.31. The molecule has 1 fully saturated rings. The first-order chi connectivity index (χ1) is 13.3. The summed E-state index contributed by atoms with van der Waals surface area (Å²) in [5, 5.41) is 6.42. The molecule has 1 amide bonds. The molecule has 0 saturated heterocycles. The van der Waals surface area contributed by atoms with E-state index in [-0.39, 0.29) is 11.9 Å². The van der Waals surface area contributed by atoms with Crippen LogP contribution in [0.15, 0.2) is 36.4 Å². The van der Waals surface area contributed by atoms with Crippen molar-refractivity contribution in [2.45, 2.75) is 44.6 Å². The van der Waals surface area contributed by atoms with E-state index in [1.807, 2.05) is 30.3 Å². The molecule has 0 spiro atoms. The third kappa shape index (κ3) is 5.76. The van der Waals surface area contributed by atoms with Gasteiger partial charge in [-0.3, -0.25) is 4.79 Å². The lowest BCUT2D eigenvalue weighted by atomic mass is 9.95. The van der Waals surface area contributed by atoms with Crippen LogP contribution in [-0.4, -0.2) is 42.2 Å². The minimum Gasteiger partial charge on any atom is -0.385 e. The van der Waals surface area contributed by atoms with Crippen molar-refractivity contribution >= 4 is 11.7 Å². The molecule has 1 aliphatic rings. The summed E-state index contributed by atoms with van der Waals surface area (Å²) in [7, 11) is 1.69. The standard InChI is InChI=1S/C21H28N4O2/c1-27-14-8-13-22-19-15-18(21(26)23-17-11-6-3-7-12-17)24-20(25-19)16-9-4-2-5-10-16/h2,4-5,9-10,15,17H,3,6-8,11-14H2,1H3,(H,23,26)(H,22,24,25). The first-order valence-corrected chi connectivity index (χ1v) is 9.74. The number of methoxy groups -OCH3 is 1. The maximum Gasteiger partial charge on any atom is 0.270 e. The number of ether oxygens (including phenoxy) is 1. The summed E-state index contributed by atoms with van der Waals surface area (Å²) in [6, 6.07) is 11.7. The Morgan fingerprint density at radius 1 is 1.15 bits per heavy atom. The summed E-state index contributed by atoms with van der Waals surface area (Å²) in [6.07, 6.45) is 6.57. The number of aromatic nitrogens is 2. The molecule has 1 aliphatic carbocycles. The van der Waals surface area contributed by atoms with Crippen LogP contribution < -0.4 is 10.6 Å². The number of nitrogens with zero attached hydrogens (tertiary/aromatic N) is 2. The number of hydrogen-bond donors (Lipinski definition) is 2. The van der Waals surface area contributed by atoms with Crippen LogP contribution >= 0.6 is 0 Å². The van der Waals surface area contributed by atoms with E-state index in [1.165, 1.54) is 19.3 Å². The van der Waals surface area contributed by atoms with E-state index in [9.17, 15) is 4.79 Å². The molecule has 1 heterocycles. The third-order valence-corrected chi connectivity index (χ3v) is 4.76. The lowest BCUT2D eigenvalue weighted by molar-refractivity contribution is 0.0922. The van der Waals surface area contributed by atoms with E-state index >= 15 is 0 Å². The monoisotopic (exact) mass is 368 g/mol. The van der Waals surface area contributed by atoms with Gasteiger partial charge in [0.1, 0.15) is 11.5 Å². The quantitative estimate of drug-likeness (QED) is 0.696. The fraction of sp³-hybridized carbons (Fsp3) is 0.476. The normalized spacial score (nSPS) is 14.7. The zero-order valence-electron chi connectivity index (χ0n) is 15.9. The van der Waals surface area contributed by atoms with Crippen molar-refractivity contribution in [3.8, 4) is 11.4 Å². The molecule has 1 aromatic carbocycles. The molecule has 0 bridgehead atoms. The largest absolute Gasteiger partial charge is 0.385 e. The van der Waals surface area contributed by atoms with E-state index < -0.39 is 0 Å². The second-order valence-electron chi connectivity index (χ2n) is 6.91. The Morgan fingerprint density at radius 3 is 2.67 bits per heavy atom. The average molecular weight is 368 g/mol. The molecule has 0 unspecified atom stereocenters. The number of amides is 1. The number of carbonyl (C=O) groups is 1. The molecule has 2 N–H and O–H groups in total. The van der Waals surface area contributed by atoms with Gasteiger partial charge in [-0.05, 0) is 19.3 Å². The summed E-state index contributed by atoms with van der Waals surface area (Å²) in [4.78, 5) is 21.9. The highest BCUT2D eigenvalue weighted by molar-refractivity contribution is 5.93. The molecule has 6 heteroatoms. The molecule has 27 heavy (non-hydrogen) atoms. The molecule has 0 aliphatic heterocycles. The van der Waals surface area contributed by atoms with Gasteiger partial charge in [0.05, 0.1) is 0 Å². The van der Waals surface area contributed by atoms with Gasteiger partial charge in [-0.1, -0.05) is 49.6 Å². The maximum absolute atomic E-state index is 12.8. The Kier molecular flexibility index (Phi) is 7.16. The summed E-state index contributed by atoms with van der Waals surface area (Å²) >= 11 is 0. The molecular weight excluding hydrogens is 340 g/mol. The van der Waals surface area contributed by atoms with Crippen LogP contribution in [0.2, 0.25) is 0 Å². The highest BCUT2D eigenvalue weighted by atomic mass is 16.5. The van der Waals surface area contributed by atoms with Gasteiger partial charge >= 0.3 is 0 Å². The van der Waals surface area contributed by atoms with Crippen molar-refractivity contribution < 1.29 is 9.53 Å². The summed E-state index contributed by atoms with van der Waals surface area (Å²) < 4.78 is 5.08. The predicted octanol–water partition coefficient (Wildman–Crippen LogP) is 3.65. The van der Waals surface area contributed by atoms with Crippen LogP contribution in [0.3, 0.4) is 0 Å². The van der Waals surface area contributed by atoms with Crippen molar-refractivity contribution in [2.24, 2.45) is 0 Å². The number of anilines is 1. The van der Waals surface area contributed by atoms with Crippen LogP contribution in [-0.2, 0) is 4.74 Å². The Hall–Kier alpha value is -2.47. The first kappa shape index (κ1) is 19.3. The van der Waals surface area contributed by atoms with E-state index in [2.05, 4.69) is 20.6 Å². The lowest BCUT2D eigenvalue weighted by Crippen LogP contribution is -2.36. The molecule has 3 rings (SSSR count). The van der Waals surface area contributed by atoms with Gasteiger partial charge in [0.2, 0.25) is 0 Å². The van der Waals surface area contributed by atoms with Crippen LogP contribution in [0.5, 0.6) is 0 Å². The van der Waals surface area contributed by atoms with Crippen LogP contribution in [0.1, 0.15) is 49.0 Å². The van der Waals surface area contributed by atoms with Gasteiger partial charge in [0.25, 0.3) is 5.91 Å². The topological polar surface area (TPSA) is 76.1 Å². The smallest absolute Gasteiger partial charge is 0.270 e. The van der Waals surface area contributed by atoms with Crippen molar-refractivity contribution in [1.29, 1.82) is 0 Å². The van der Waals surface area contributed by atoms with Gasteiger partial charge in [-0.15, -0.1) is 0 Å². The summed E-state index contributed by atoms with van der Waals surface area (Å²) in [5.41, 5.74) is 1.30. The zero-order valence-corrected chi connectivity index (χ0v) is 15.9. The number of hydrogen-bond acceptors (Lipinski definition) is 5. The van der Waals surface area contributed by atoms with Gasteiger partial charge in [0.15, 0.2) is 5.82 Å². The summed E-state index contributed by atoms with van der Waals surface area (Å²) in [6.45, 7) is 1.40. The molecule has 144 valence electrons. The number of benzene rings is 1. The molecule has 0 atom stereocenters. The zero-order chi connectivity index (χ0) is 18.9. The van der Waals surface area contributed by atoms with Crippen LogP contribution in [0.25, 0.3) is 11.4 Å². The van der Waals surface area contributed by atoms with E-state index in [1.54, 1.807) is 13.2 Å². The number of rotatable bonds is 8. The molecule has 1 aromatic heterocycles. The van der Waals surface area contributed by atoms with E-state index in [4.69, 9.17) is 4.74 Å². The highest BCUT2D eigenvalue weighted by Gasteiger charge is 2.19. The van der Waals surface area contributed by atoms with Gasteiger partial charge < -0.3 is 15.4 Å². The predicted molar refractivity (Wildman–Crippen MR) is 107 cm³/mol. The summed E-state index contributed by atoms with van der Waals surface area (Å²) in [5.74, 6) is 1.09. The van der Waals surface area contributed by atoms with E-state index in [0.717, 1.165) is 31.4 Å². The lowest BCUT2D eigenvalue weighted by Gasteiger charge is -2.22. The van der Waals surface area contributed by atoms with Crippen molar-refractivity contribution in [2.75, 3.05) is 25.6 Å². The van der Waals surface area contributed by atoms with Crippen molar-refractivity contribution in [3.63, 3.8) is 0 Å².